The predicted octanol–water partition coefficient (Wildman–Crippen LogP) is 2.99. The lowest BCUT2D eigenvalue weighted by Crippen LogP contribution is -2.39. The number of rotatable bonds is 5. The van der Waals surface area contributed by atoms with Crippen LogP contribution in [0.2, 0.25) is 0 Å². The van der Waals surface area contributed by atoms with Crippen molar-refractivity contribution in [2.45, 2.75) is 19.9 Å². The summed E-state index contributed by atoms with van der Waals surface area (Å²) >= 11 is 0. The van der Waals surface area contributed by atoms with Crippen LogP contribution in [0.3, 0.4) is 0 Å². The number of hydrogen-bond acceptors (Lipinski definition) is 5. The van der Waals surface area contributed by atoms with Gasteiger partial charge in [0.2, 0.25) is 5.91 Å². The second kappa shape index (κ2) is 8.39. The quantitative estimate of drug-likeness (QED) is 0.657. The molecule has 0 saturated heterocycles. The molecule has 2 heterocycles. The smallest absolute Gasteiger partial charge is 0.238 e. The third-order valence-corrected chi connectivity index (χ3v) is 5.57. The molecular formula is C23H24FN3O4. The molecule has 8 heteroatoms. The number of carbonyl (C=O) groups is 1. The normalized spacial score (nSPS) is 13.7. The molecule has 4 rings (SSSR count). The first kappa shape index (κ1) is 20.9. The average Bonchev–Trinajstić information content (AvgIpc) is 2.76. The maximum Gasteiger partial charge on any atom is 0.238 e. The van der Waals surface area contributed by atoms with Gasteiger partial charge in [-0.2, -0.15) is 0 Å². The van der Waals surface area contributed by atoms with Gasteiger partial charge in [-0.1, -0.05) is 6.07 Å². The van der Waals surface area contributed by atoms with Crippen molar-refractivity contribution in [1.82, 2.24) is 9.88 Å². The SMILES string of the molecule is COc1cc(NC(=O)CN2CCc3[nH]c4c(C)ccc(F)c4c(=O)c3C2)cc(OC)c1. The number of aromatic amines is 1. The fraction of sp³-hybridized carbons (Fsp3) is 0.304. The summed E-state index contributed by atoms with van der Waals surface area (Å²) in [5, 5.41) is 2.91. The molecule has 0 fully saturated rings. The van der Waals surface area contributed by atoms with Crippen molar-refractivity contribution in [2.75, 3.05) is 32.6 Å². The minimum absolute atomic E-state index is 0.0773. The zero-order valence-electron chi connectivity index (χ0n) is 17.7. The largest absolute Gasteiger partial charge is 0.497 e. The first-order chi connectivity index (χ1) is 14.9. The Labute approximate surface area is 178 Å². The van der Waals surface area contributed by atoms with Gasteiger partial charge in [-0.25, -0.2) is 4.39 Å². The third kappa shape index (κ3) is 4.11. The number of aryl methyl sites for hydroxylation is 1. The third-order valence-electron chi connectivity index (χ3n) is 5.57. The maximum absolute atomic E-state index is 14.4. The van der Waals surface area contributed by atoms with Crippen LogP contribution in [0.15, 0.2) is 35.1 Å². The lowest BCUT2D eigenvalue weighted by molar-refractivity contribution is -0.117. The number of nitrogens with zero attached hydrogens (tertiary/aromatic N) is 1. The summed E-state index contributed by atoms with van der Waals surface area (Å²) in [4.78, 5) is 30.7. The lowest BCUT2D eigenvalue weighted by Gasteiger charge is -2.28. The number of pyridine rings is 1. The highest BCUT2D eigenvalue weighted by molar-refractivity contribution is 5.92. The Balaban J connectivity index is 1.53. The summed E-state index contributed by atoms with van der Waals surface area (Å²) in [6.45, 7) is 2.84. The standard InChI is InChI=1S/C23H24FN3O4/c1-13-4-5-18(24)21-22(13)26-19-6-7-27(11-17(19)23(21)29)12-20(28)25-14-8-15(30-2)10-16(9-14)31-3/h4-5,8-10H,6-7,11-12H2,1-3H3,(H,25,28)(H,26,29). The van der Waals surface area contributed by atoms with Gasteiger partial charge in [0.05, 0.1) is 31.7 Å². The van der Waals surface area contributed by atoms with E-state index in [4.69, 9.17) is 9.47 Å². The van der Waals surface area contributed by atoms with E-state index in [1.54, 1.807) is 24.3 Å². The number of amides is 1. The summed E-state index contributed by atoms with van der Waals surface area (Å²) in [5.41, 5.74) is 2.93. The van der Waals surface area contributed by atoms with Crippen LogP contribution in [-0.4, -0.2) is 43.1 Å². The first-order valence-electron chi connectivity index (χ1n) is 9.97. The number of ether oxygens (including phenoxy) is 2. The Bertz CT molecular complexity index is 1200. The van der Waals surface area contributed by atoms with E-state index in [1.165, 1.54) is 20.3 Å². The van der Waals surface area contributed by atoms with Crippen LogP contribution in [-0.2, 0) is 17.8 Å². The van der Waals surface area contributed by atoms with Crippen molar-refractivity contribution in [3.63, 3.8) is 0 Å². The highest BCUT2D eigenvalue weighted by Gasteiger charge is 2.24. The summed E-state index contributed by atoms with van der Waals surface area (Å²) in [6, 6.07) is 8.10. The zero-order chi connectivity index (χ0) is 22.1. The van der Waals surface area contributed by atoms with E-state index >= 15 is 0 Å². The van der Waals surface area contributed by atoms with Gasteiger partial charge in [0.25, 0.3) is 0 Å². The molecule has 0 atom stereocenters. The molecule has 31 heavy (non-hydrogen) atoms. The van der Waals surface area contributed by atoms with Crippen LogP contribution in [0.5, 0.6) is 11.5 Å². The van der Waals surface area contributed by atoms with E-state index in [2.05, 4.69) is 10.3 Å². The number of benzene rings is 2. The zero-order valence-corrected chi connectivity index (χ0v) is 17.7. The van der Waals surface area contributed by atoms with Crippen molar-refractivity contribution in [2.24, 2.45) is 0 Å². The second-order valence-corrected chi connectivity index (χ2v) is 7.64. The van der Waals surface area contributed by atoms with Crippen LogP contribution in [0.25, 0.3) is 10.9 Å². The molecule has 0 saturated carbocycles. The molecule has 0 radical (unpaired) electrons. The number of nitrogens with one attached hydrogen (secondary N) is 2. The molecule has 0 spiro atoms. The van der Waals surface area contributed by atoms with Gasteiger partial charge in [-0.05, 0) is 18.6 Å². The van der Waals surface area contributed by atoms with Gasteiger partial charge in [-0.15, -0.1) is 0 Å². The minimum atomic E-state index is -0.536. The summed E-state index contributed by atoms with van der Waals surface area (Å²) in [7, 11) is 3.08. The number of aromatic nitrogens is 1. The number of methoxy groups -OCH3 is 2. The Morgan fingerprint density at radius 3 is 2.58 bits per heavy atom. The number of H-pyrrole nitrogens is 1. The number of fused-ring (bicyclic) bond motifs is 2. The Hall–Kier alpha value is -3.39. The minimum Gasteiger partial charge on any atom is -0.497 e. The molecule has 1 amide bonds. The van der Waals surface area contributed by atoms with Gasteiger partial charge < -0.3 is 19.8 Å². The van der Waals surface area contributed by atoms with Crippen LogP contribution < -0.4 is 20.2 Å². The first-order valence-corrected chi connectivity index (χ1v) is 9.97. The highest BCUT2D eigenvalue weighted by atomic mass is 19.1. The Morgan fingerprint density at radius 2 is 1.90 bits per heavy atom. The summed E-state index contributed by atoms with van der Waals surface area (Å²) in [5.74, 6) is 0.374. The van der Waals surface area contributed by atoms with Crippen molar-refractivity contribution in [3.05, 3.63) is 63.2 Å². The predicted molar refractivity (Wildman–Crippen MR) is 116 cm³/mol. The van der Waals surface area contributed by atoms with Crippen LogP contribution in [0.4, 0.5) is 10.1 Å². The molecule has 162 valence electrons. The van der Waals surface area contributed by atoms with Crippen molar-refractivity contribution < 1.29 is 18.7 Å². The molecule has 0 bridgehead atoms. The number of halogens is 1. The van der Waals surface area contributed by atoms with Crippen molar-refractivity contribution >= 4 is 22.5 Å². The maximum atomic E-state index is 14.4. The topological polar surface area (TPSA) is 83.7 Å². The molecule has 7 nitrogen and oxygen atoms in total. The van der Waals surface area contributed by atoms with E-state index < -0.39 is 5.82 Å². The van der Waals surface area contributed by atoms with Crippen LogP contribution >= 0.6 is 0 Å². The summed E-state index contributed by atoms with van der Waals surface area (Å²) < 4.78 is 24.8. The number of anilines is 1. The van der Waals surface area contributed by atoms with Crippen molar-refractivity contribution in [3.8, 4) is 11.5 Å². The highest BCUT2D eigenvalue weighted by Crippen LogP contribution is 2.26. The van der Waals surface area contributed by atoms with E-state index in [0.717, 1.165) is 11.3 Å². The molecule has 1 aromatic heterocycles. The Kier molecular flexibility index (Phi) is 5.65. The van der Waals surface area contributed by atoms with E-state index in [1.807, 2.05) is 11.8 Å². The second-order valence-electron chi connectivity index (χ2n) is 7.64. The number of hydrogen-bond donors (Lipinski definition) is 2. The molecule has 1 aliphatic heterocycles. The average molecular weight is 425 g/mol. The molecule has 0 unspecified atom stereocenters. The fourth-order valence-corrected chi connectivity index (χ4v) is 3.95. The molecule has 2 N–H and O–H groups in total. The van der Waals surface area contributed by atoms with Gasteiger partial charge in [0.15, 0.2) is 5.43 Å². The van der Waals surface area contributed by atoms with Crippen molar-refractivity contribution in [1.29, 1.82) is 0 Å². The summed E-state index contributed by atoms with van der Waals surface area (Å²) in [6.07, 6.45) is 0.580. The Morgan fingerprint density at radius 1 is 1.19 bits per heavy atom. The van der Waals surface area contributed by atoms with E-state index in [9.17, 15) is 14.0 Å². The van der Waals surface area contributed by atoms with Crippen LogP contribution in [0, 0.1) is 12.7 Å². The lowest BCUT2D eigenvalue weighted by atomic mass is 10.0. The molecule has 3 aromatic rings. The van der Waals surface area contributed by atoms with Crippen LogP contribution in [0.1, 0.15) is 16.8 Å². The van der Waals surface area contributed by atoms with Gasteiger partial charge >= 0.3 is 0 Å². The van der Waals surface area contributed by atoms with Gasteiger partial charge in [0.1, 0.15) is 17.3 Å². The monoisotopic (exact) mass is 425 g/mol. The molecule has 1 aliphatic rings. The molecule has 2 aromatic carbocycles. The van der Waals surface area contributed by atoms with Gasteiger partial charge in [-0.3, -0.25) is 14.5 Å². The van der Waals surface area contributed by atoms with Gasteiger partial charge in [0, 0.05) is 54.7 Å². The molecule has 0 aliphatic carbocycles. The number of carbonyl (C=O) groups excluding carboxylic acids is 1. The molecular weight excluding hydrogens is 401 g/mol. The van der Waals surface area contributed by atoms with E-state index in [-0.39, 0.29) is 29.8 Å². The van der Waals surface area contributed by atoms with E-state index in [0.29, 0.717) is 41.2 Å². The fourth-order valence-electron chi connectivity index (χ4n) is 3.95.